The largest absolute Gasteiger partial charge is 0.207 e. The molecule has 0 bridgehead atoms. The minimum Gasteiger partial charge on any atom is -0.207 e. The van der Waals surface area contributed by atoms with E-state index in [2.05, 4.69) is 20.8 Å². The summed E-state index contributed by atoms with van der Waals surface area (Å²) in [5, 5.41) is 0. The molecular weight excluding hydrogens is 187 g/mol. The Balaban J connectivity index is 2.32. The minimum atomic E-state index is -0.121. The molecule has 1 heteroatoms. The maximum atomic E-state index is 12.9. The van der Waals surface area contributed by atoms with Gasteiger partial charge in [-0.3, -0.25) is 0 Å². The van der Waals surface area contributed by atoms with E-state index in [-0.39, 0.29) is 5.82 Å². The Bertz CT molecular complexity index is 291. The molecule has 0 aliphatic carbocycles. The van der Waals surface area contributed by atoms with Gasteiger partial charge in [-0.05, 0) is 42.4 Å². The Morgan fingerprint density at radius 2 is 1.93 bits per heavy atom. The van der Waals surface area contributed by atoms with Gasteiger partial charge in [0.25, 0.3) is 0 Å². The van der Waals surface area contributed by atoms with E-state index < -0.39 is 0 Å². The first kappa shape index (κ1) is 12.2. The van der Waals surface area contributed by atoms with Crippen LogP contribution in [-0.4, -0.2) is 0 Å². The Labute approximate surface area is 92.5 Å². The molecule has 0 N–H and O–H groups in total. The highest BCUT2D eigenvalue weighted by atomic mass is 19.1. The van der Waals surface area contributed by atoms with Crippen LogP contribution in [0.25, 0.3) is 0 Å². The fourth-order valence-corrected chi connectivity index (χ4v) is 1.65. The lowest BCUT2D eigenvalue weighted by atomic mass is 9.92. The summed E-state index contributed by atoms with van der Waals surface area (Å²) < 4.78 is 12.9. The molecule has 0 aromatic heterocycles. The maximum Gasteiger partial charge on any atom is 0.123 e. The molecule has 1 aromatic carbocycles. The Morgan fingerprint density at radius 1 is 1.20 bits per heavy atom. The predicted molar refractivity (Wildman–Crippen MR) is 63.3 cm³/mol. The summed E-state index contributed by atoms with van der Waals surface area (Å²) in [5.74, 6) is 1.39. The van der Waals surface area contributed by atoms with Gasteiger partial charge in [-0.1, -0.05) is 39.3 Å². The molecule has 0 saturated heterocycles. The van der Waals surface area contributed by atoms with Crippen molar-refractivity contribution in [2.75, 3.05) is 0 Å². The van der Waals surface area contributed by atoms with Gasteiger partial charge in [0, 0.05) is 0 Å². The summed E-state index contributed by atoms with van der Waals surface area (Å²) >= 11 is 0. The van der Waals surface area contributed by atoms with Crippen LogP contribution in [0.3, 0.4) is 0 Å². The van der Waals surface area contributed by atoms with Crippen LogP contribution in [0.1, 0.15) is 39.2 Å². The molecule has 1 unspecified atom stereocenters. The Morgan fingerprint density at radius 3 is 2.53 bits per heavy atom. The molecule has 1 atom stereocenters. The molecule has 15 heavy (non-hydrogen) atoms. The Kier molecular flexibility index (Phi) is 4.80. The third-order valence-corrected chi connectivity index (χ3v) is 3.15. The van der Waals surface area contributed by atoms with Crippen LogP contribution in [0, 0.1) is 17.7 Å². The lowest BCUT2D eigenvalue weighted by Gasteiger charge is -2.14. The zero-order valence-corrected chi connectivity index (χ0v) is 9.96. The molecule has 0 fully saturated rings. The van der Waals surface area contributed by atoms with E-state index in [1.807, 2.05) is 6.07 Å². The van der Waals surface area contributed by atoms with Gasteiger partial charge in [0.15, 0.2) is 0 Å². The zero-order valence-electron chi connectivity index (χ0n) is 9.96. The van der Waals surface area contributed by atoms with Crippen molar-refractivity contribution < 1.29 is 4.39 Å². The summed E-state index contributed by atoms with van der Waals surface area (Å²) in [7, 11) is 0. The van der Waals surface area contributed by atoms with Crippen LogP contribution in [0.15, 0.2) is 24.3 Å². The lowest BCUT2D eigenvalue weighted by molar-refractivity contribution is 0.382. The normalized spacial score (nSPS) is 13.1. The first-order valence-corrected chi connectivity index (χ1v) is 5.84. The number of rotatable bonds is 5. The minimum absolute atomic E-state index is 0.121. The van der Waals surface area contributed by atoms with Crippen molar-refractivity contribution in [2.45, 2.75) is 40.0 Å². The predicted octanol–water partition coefficient (Wildman–Crippen LogP) is 4.44. The zero-order chi connectivity index (χ0) is 11.3. The second kappa shape index (κ2) is 5.89. The van der Waals surface area contributed by atoms with Gasteiger partial charge in [0.1, 0.15) is 5.82 Å². The van der Waals surface area contributed by atoms with Crippen molar-refractivity contribution in [3.05, 3.63) is 35.6 Å². The van der Waals surface area contributed by atoms with E-state index >= 15 is 0 Å². The highest BCUT2D eigenvalue weighted by Gasteiger charge is 2.06. The van der Waals surface area contributed by atoms with E-state index in [1.54, 1.807) is 12.1 Å². The first-order chi connectivity index (χ1) is 7.09. The molecular formula is C14H21F. The summed E-state index contributed by atoms with van der Waals surface area (Å²) in [4.78, 5) is 0. The number of benzene rings is 1. The molecule has 1 rings (SSSR count). The average Bonchev–Trinajstić information content (AvgIpc) is 2.17. The maximum absolute atomic E-state index is 12.9. The molecule has 1 aromatic rings. The van der Waals surface area contributed by atoms with Crippen molar-refractivity contribution in [3.63, 3.8) is 0 Å². The highest BCUT2D eigenvalue weighted by molar-refractivity contribution is 5.16. The molecule has 0 aliphatic rings. The van der Waals surface area contributed by atoms with Crippen LogP contribution in [0.4, 0.5) is 4.39 Å². The summed E-state index contributed by atoms with van der Waals surface area (Å²) in [5.41, 5.74) is 1.12. The van der Waals surface area contributed by atoms with Gasteiger partial charge >= 0.3 is 0 Å². The summed E-state index contributed by atoms with van der Waals surface area (Å²) in [6.07, 6.45) is 3.38. The highest BCUT2D eigenvalue weighted by Crippen LogP contribution is 2.17. The molecule has 84 valence electrons. The van der Waals surface area contributed by atoms with E-state index in [1.165, 1.54) is 12.5 Å². The van der Waals surface area contributed by atoms with Crippen LogP contribution in [0.2, 0.25) is 0 Å². The third-order valence-electron chi connectivity index (χ3n) is 3.15. The molecule has 0 spiro atoms. The quantitative estimate of drug-likeness (QED) is 0.671. The number of hydrogen-bond acceptors (Lipinski definition) is 0. The van der Waals surface area contributed by atoms with Gasteiger partial charge in [-0.15, -0.1) is 0 Å². The fourth-order valence-electron chi connectivity index (χ4n) is 1.65. The van der Waals surface area contributed by atoms with Crippen molar-refractivity contribution in [1.29, 1.82) is 0 Å². The fraction of sp³-hybridized carbons (Fsp3) is 0.571. The van der Waals surface area contributed by atoms with Gasteiger partial charge in [-0.25, -0.2) is 4.39 Å². The van der Waals surface area contributed by atoms with Crippen molar-refractivity contribution >= 4 is 0 Å². The van der Waals surface area contributed by atoms with E-state index in [9.17, 15) is 4.39 Å². The Hall–Kier alpha value is -0.850. The third kappa shape index (κ3) is 4.46. The number of hydrogen-bond donors (Lipinski definition) is 0. The van der Waals surface area contributed by atoms with Crippen LogP contribution in [-0.2, 0) is 6.42 Å². The van der Waals surface area contributed by atoms with Gasteiger partial charge in [0.05, 0.1) is 0 Å². The van der Waals surface area contributed by atoms with E-state index in [4.69, 9.17) is 0 Å². The lowest BCUT2D eigenvalue weighted by Crippen LogP contribution is -2.04. The molecule has 0 heterocycles. The molecule has 0 aliphatic heterocycles. The first-order valence-electron chi connectivity index (χ1n) is 5.84. The number of halogens is 1. The second-order valence-corrected chi connectivity index (χ2v) is 4.74. The van der Waals surface area contributed by atoms with Crippen molar-refractivity contribution in [2.24, 2.45) is 11.8 Å². The van der Waals surface area contributed by atoms with Crippen LogP contribution >= 0.6 is 0 Å². The number of aryl methyl sites for hydroxylation is 1. The molecule has 0 saturated carbocycles. The van der Waals surface area contributed by atoms with E-state index in [0.29, 0.717) is 0 Å². The van der Waals surface area contributed by atoms with Gasteiger partial charge < -0.3 is 0 Å². The second-order valence-electron chi connectivity index (χ2n) is 4.74. The standard InChI is InChI=1S/C14H21F/c1-11(2)12(3)6-4-7-13-8-5-9-14(15)10-13/h5,8-12H,4,6-7H2,1-3H3. The summed E-state index contributed by atoms with van der Waals surface area (Å²) in [6.45, 7) is 6.80. The monoisotopic (exact) mass is 208 g/mol. The smallest absolute Gasteiger partial charge is 0.123 e. The van der Waals surface area contributed by atoms with Crippen LogP contribution in [0.5, 0.6) is 0 Å². The summed E-state index contributed by atoms with van der Waals surface area (Å²) in [6, 6.07) is 6.93. The van der Waals surface area contributed by atoms with Gasteiger partial charge in [0.2, 0.25) is 0 Å². The van der Waals surface area contributed by atoms with Gasteiger partial charge in [-0.2, -0.15) is 0 Å². The molecule has 0 radical (unpaired) electrons. The van der Waals surface area contributed by atoms with E-state index in [0.717, 1.165) is 30.2 Å². The average molecular weight is 208 g/mol. The topological polar surface area (TPSA) is 0 Å². The van der Waals surface area contributed by atoms with Crippen LogP contribution < -0.4 is 0 Å². The SMILES string of the molecule is CC(C)C(C)CCCc1cccc(F)c1. The molecule has 0 nitrogen and oxygen atoms in total. The van der Waals surface area contributed by atoms with Crippen molar-refractivity contribution in [1.82, 2.24) is 0 Å². The van der Waals surface area contributed by atoms with Crippen molar-refractivity contribution in [3.8, 4) is 0 Å². The molecule has 0 amide bonds.